The predicted octanol–water partition coefficient (Wildman–Crippen LogP) is 4.00. The van der Waals surface area contributed by atoms with Gasteiger partial charge in [0.1, 0.15) is 0 Å². The summed E-state index contributed by atoms with van der Waals surface area (Å²) in [7, 11) is 0.890. The summed E-state index contributed by atoms with van der Waals surface area (Å²) in [5.41, 5.74) is 0. The van der Waals surface area contributed by atoms with Crippen LogP contribution in [0.25, 0.3) is 0 Å². The molecule has 2 aromatic rings. The number of hydrogen-bond donors (Lipinski definition) is 0. The van der Waals surface area contributed by atoms with Gasteiger partial charge in [-0.25, -0.2) is 8.42 Å². The van der Waals surface area contributed by atoms with Gasteiger partial charge in [-0.3, -0.25) is 0 Å². The van der Waals surface area contributed by atoms with Crippen molar-refractivity contribution in [3.05, 3.63) is 60.7 Å². The highest BCUT2D eigenvalue weighted by molar-refractivity contribution is 7.91. The highest BCUT2D eigenvalue weighted by Crippen LogP contribution is 2.19. The van der Waals surface area contributed by atoms with Crippen LogP contribution in [0.15, 0.2) is 70.5 Å². The average Bonchev–Trinajstić information content (AvgIpc) is 3.77. The second-order valence-corrected chi connectivity index (χ2v) is 11.3. The average molecular weight is 565 g/mol. The van der Waals surface area contributed by atoms with Gasteiger partial charge in [-0.2, -0.15) is 0 Å². The van der Waals surface area contributed by atoms with E-state index in [1.165, 1.54) is 0 Å². The van der Waals surface area contributed by atoms with Crippen LogP contribution in [0.5, 0.6) is 0 Å². The zero-order valence-electron chi connectivity index (χ0n) is 24.5. The molecule has 4 atom stereocenters. The standard InChI is InChI=1S/C12H10O2S.2C7H13NO2.2C2H6/c13-15(14,11-7-3-1-4-8-11)12-9-5-2-6-10-12;2*1-8(2-6-4-9-6)3-7-5-10-7;2*1-2/h1-10H;2*6-7H,2-5H2,1H3;2*1-2H3. The van der Waals surface area contributed by atoms with E-state index < -0.39 is 9.84 Å². The lowest BCUT2D eigenvalue weighted by Gasteiger charge is -2.12. The van der Waals surface area contributed by atoms with Crippen molar-refractivity contribution in [2.45, 2.75) is 61.9 Å². The van der Waals surface area contributed by atoms with Crippen LogP contribution in [0, 0.1) is 0 Å². The summed E-state index contributed by atoms with van der Waals surface area (Å²) >= 11 is 0. The van der Waals surface area contributed by atoms with Crippen LogP contribution in [0.3, 0.4) is 0 Å². The molecule has 4 heterocycles. The van der Waals surface area contributed by atoms with Gasteiger partial charge in [-0.15, -0.1) is 0 Å². The highest BCUT2D eigenvalue weighted by atomic mass is 32.2. The normalized spacial score (nSPS) is 23.4. The number of hydrogen-bond acceptors (Lipinski definition) is 8. The highest BCUT2D eigenvalue weighted by Gasteiger charge is 2.29. The van der Waals surface area contributed by atoms with E-state index >= 15 is 0 Å². The molecule has 0 bridgehead atoms. The molecule has 4 aliphatic heterocycles. The molecule has 4 unspecified atom stereocenters. The van der Waals surface area contributed by atoms with Gasteiger partial charge in [0.25, 0.3) is 0 Å². The molecule has 220 valence electrons. The van der Waals surface area contributed by atoms with E-state index in [0.29, 0.717) is 34.2 Å². The van der Waals surface area contributed by atoms with Crippen molar-refractivity contribution in [2.24, 2.45) is 0 Å². The van der Waals surface area contributed by atoms with Gasteiger partial charge >= 0.3 is 0 Å². The molecule has 0 spiro atoms. The Kier molecular flexibility index (Phi) is 15.2. The molecule has 8 nitrogen and oxygen atoms in total. The molecule has 4 saturated heterocycles. The van der Waals surface area contributed by atoms with Crippen molar-refractivity contribution in [1.82, 2.24) is 9.80 Å². The van der Waals surface area contributed by atoms with E-state index in [1.807, 2.05) is 27.7 Å². The minimum atomic E-state index is -3.34. The van der Waals surface area contributed by atoms with E-state index in [9.17, 15) is 8.42 Å². The van der Waals surface area contributed by atoms with Gasteiger partial charge in [0.05, 0.1) is 60.6 Å². The molecule has 6 rings (SSSR count). The molecule has 9 heteroatoms. The fourth-order valence-corrected chi connectivity index (χ4v) is 4.87. The van der Waals surface area contributed by atoms with Crippen LogP contribution in [-0.4, -0.2) is 109 Å². The maximum atomic E-state index is 12.0. The van der Waals surface area contributed by atoms with Crippen LogP contribution in [0.1, 0.15) is 27.7 Å². The lowest BCUT2D eigenvalue weighted by Crippen LogP contribution is -2.27. The van der Waals surface area contributed by atoms with Crippen LogP contribution < -0.4 is 0 Å². The van der Waals surface area contributed by atoms with Gasteiger partial charge in [0, 0.05) is 26.2 Å². The van der Waals surface area contributed by atoms with E-state index in [0.717, 1.165) is 52.6 Å². The quantitative estimate of drug-likeness (QED) is 0.400. The van der Waals surface area contributed by atoms with Crippen LogP contribution in [-0.2, 0) is 28.8 Å². The monoisotopic (exact) mass is 564 g/mol. The second-order valence-electron chi connectivity index (χ2n) is 9.39. The number of ether oxygens (including phenoxy) is 4. The van der Waals surface area contributed by atoms with Gasteiger partial charge in [-0.1, -0.05) is 64.1 Å². The molecule has 0 radical (unpaired) electrons. The van der Waals surface area contributed by atoms with Crippen molar-refractivity contribution in [1.29, 1.82) is 0 Å². The van der Waals surface area contributed by atoms with Gasteiger partial charge in [0.15, 0.2) is 0 Å². The molecular weight excluding hydrogens is 516 g/mol. The van der Waals surface area contributed by atoms with Crippen molar-refractivity contribution >= 4 is 9.84 Å². The summed E-state index contributed by atoms with van der Waals surface area (Å²) in [6, 6.07) is 16.9. The predicted molar refractivity (Wildman–Crippen MR) is 155 cm³/mol. The fraction of sp³-hybridized carbons (Fsp3) is 0.600. The molecule has 0 aromatic heterocycles. The molecule has 4 fully saturated rings. The maximum absolute atomic E-state index is 12.0. The summed E-state index contributed by atoms with van der Waals surface area (Å²) in [5.74, 6) is 0. The van der Waals surface area contributed by atoms with Crippen molar-refractivity contribution < 1.29 is 27.4 Å². The maximum Gasteiger partial charge on any atom is 0.206 e. The first-order valence-electron chi connectivity index (χ1n) is 14.1. The molecular formula is C30H48N2O6S. The van der Waals surface area contributed by atoms with E-state index in [2.05, 4.69) is 23.9 Å². The topological polar surface area (TPSA) is 90.7 Å². The number of epoxide rings is 4. The van der Waals surface area contributed by atoms with Gasteiger partial charge < -0.3 is 28.7 Å². The van der Waals surface area contributed by atoms with E-state index in [4.69, 9.17) is 18.9 Å². The third-order valence-corrected chi connectivity index (χ3v) is 7.56. The first-order chi connectivity index (χ1) is 18.9. The van der Waals surface area contributed by atoms with Crippen molar-refractivity contribution in [2.75, 3.05) is 66.7 Å². The Hall–Kier alpha value is -1.85. The van der Waals surface area contributed by atoms with Crippen molar-refractivity contribution in [3.8, 4) is 0 Å². The number of benzene rings is 2. The number of nitrogens with zero attached hydrogens (tertiary/aromatic N) is 2. The SMILES string of the molecule is CC.CC.CN(CC1CO1)CC1CO1.CN(CC1CO1)CC1CO1.O=S(=O)(c1ccccc1)c1ccccc1. The van der Waals surface area contributed by atoms with Crippen LogP contribution in [0.4, 0.5) is 0 Å². The molecule has 0 amide bonds. The van der Waals surface area contributed by atoms with Gasteiger partial charge in [0.2, 0.25) is 9.84 Å². The first-order valence-corrected chi connectivity index (χ1v) is 15.6. The summed E-state index contributed by atoms with van der Waals surface area (Å²) in [6.07, 6.45) is 2.07. The molecule has 39 heavy (non-hydrogen) atoms. The summed E-state index contributed by atoms with van der Waals surface area (Å²) in [5, 5.41) is 0. The Morgan fingerprint density at radius 1 is 0.564 bits per heavy atom. The Morgan fingerprint density at radius 2 is 0.795 bits per heavy atom. The first kappa shape index (κ1) is 33.4. The zero-order chi connectivity index (χ0) is 28.7. The molecule has 0 saturated carbocycles. The molecule has 0 aliphatic carbocycles. The fourth-order valence-electron chi connectivity index (χ4n) is 3.57. The summed E-state index contributed by atoms with van der Waals surface area (Å²) in [6.45, 7) is 16.1. The Labute approximate surface area is 236 Å². The molecule has 0 N–H and O–H groups in total. The second kappa shape index (κ2) is 17.8. The van der Waals surface area contributed by atoms with Crippen molar-refractivity contribution in [3.63, 3.8) is 0 Å². The Morgan fingerprint density at radius 3 is 1.00 bits per heavy atom. The Balaban J connectivity index is 0.000000197. The lowest BCUT2D eigenvalue weighted by atomic mass is 10.4. The zero-order valence-corrected chi connectivity index (χ0v) is 25.3. The Bertz CT molecular complexity index is 889. The number of likely N-dealkylation sites (N-methyl/N-ethyl adjacent to an activating group) is 2. The third-order valence-electron chi connectivity index (χ3n) is 5.78. The van der Waals surface area contributed by atoms with Crippen LogP contribution >= 0.6 is 0 Å². The minimum absolute atomic E-state index is 0.330. The number of sulfone groups is 1. The number of rotatable bonds is 10. The van der Waals surface area contributed by atoms with Gasteiger partial charge in [-0.05, 0) is 38.4 Å². The molecule has 4 aliphatic rings. The molecule has 2 aromatic carbocycles. The van der Waals surface area contributed by atoms with Crippen LogP contribution in [0.2, 0.25) is 0 Å². The lowest BCUT2D eigenvalue weighted by molar-refractivity contribution is 0.256. The summed E-state index contributed by atoms with van der Waals surface area (Å²) in [4.78, 5) is 5.21. The summed E-state index contributed by atoms with van der Waals surface area (Å²) < 4.78 is 44.5. The van der Waals surface area contributed by atoms with E-state index in [1.54, 1.807) is 60.7 Å². The smallest absolute Gasteiger partial charge is 0.206 e. The largest absolute Gasteiger partial charge is 0.372 e. The minimum Gasteiger partial charge on any atom is -0.372 e. The van der Waals surface area contributed by atoms with E-state index in [-0.39, 0.29) is 0 Å². The third kappa shape index (κ3) is 14.4.